The van der Waals surface area contributed by atoms with Gasteiger partial charge in [0.1, 0.15) is 5.75 Å². The molecule has 1 aromatic rings. The largest absolute Gasteiger partial charge is 0.497 e. The van der Waals surface area contributed by atoms with Crippen LogP contribution in [0.4, 0.5) is 0 Å². The number of hydroxylamine groups is 1. The number of hydrogen-bond donors (Lipinski definition) is 2. The predicted molar refractivity (Wildman–Crippen MR) is 82.9 cm³/mol. The molecular formula is C16H23NO2S. The van der Waals surface area contributed by atoms with Crippen LogP contribution in [0, 0.1) is 0 Å². The smallest absolute Gasteiger partial charge is 0.119 e. The topological polar surface area (TPSA) is 41.5 Å². The molecule has 1 aliphatic carbocycles. The maximum Gasteiger partial charge on any atom is 0.119 e. The molecule has 0 aromatic heterocycles. The molecule has 1 aromatic carbocycles. The first-order valence-corrected chi connectivity index (χ1v) is 8.42. The summed E-state index contributed by atoms with van der Waals surface area (Å²) in [5.41, 5.74) is 5.38. The Kier molecular flexibility index (Phi) is 3.98. The third-order valence-electron chi connectivity index (χ3n) is 4.97. The number of benzene rings is 1. The summed E-state index contributed by atoms with van der Waals surface area (Å²) in [6, 6.07) is 6.55. The molecule has 20 heavy (non-hydrogen) atoms. The summed E-state index contributed by atoms with van der Waals surface area (Å²) in [4.78, 5) is 0. The van der Waals surface area contributed by atoms with Crippen LogP contribution in [0.15, 0.2) is 18.2 Å². The van der Waals surface area contributed by atoms with E-state index in [1.165, 1.54) is 29.7 Å². The number of fused-ring (bicyclic) bond motifs is 4. The Morgan fingerprint density at radius 1 is 1.40 bits per heavy atom. The van der Waals surface area contributed by atoms with Gasteiger partial charge in [-0.15, -0.1) is 0 Å². The maximum atomic E-state index is 9.74. The van der Waals surface area contributed by atoms with E-state index in [2.05, 4.69) is 30.6 Å². The first-order valence-electron chi connectivity index (χ1n) is 7.37. The van der Waals surface area contributed by atoms with Crippen LogP contribution in [0.1, 0.15) is 37.3 Å². The molecule has 1 aliphatic heterocycles. The Labute approximate surface area is 125 Å². The monoisotopic (exact) mass is 293 g/mol. The van der Waals surface area contributed by atoms with Crippen LogP contribution in [-0.2, 0) is 11.8 Å². The zero-order valence-electron chi connectivity index (χ0n) is 12.2. The Morgan fingerprint density at radius 3 is 3.00 bits per heavy atom. The summed E-state index contributed by atoms with van der Waals surface area (Å²) in [5.74, 6) is 2.11. The number of rotatable bonds is 2. The zero-order valence-corrected chi connectivity index (χ0v) is 13.0. The van der Waals surface area contributed by atoms with Crippen molar-refractivity contribution in [3.05, 3.63) is 29.3 Å². The van der Waals surface area contributed by atoms with Crippen molar-refractivity contribution in [3.63, 3.8) is 0 Å². The molecule has 2 N–H and O–H groups in total. The van der Waals surface area contributed by atoms with E-state index < -0.39 is 0 Å². The van der Waals surface area contributed by atoms with Gasteiger partial charge in [-0.2, -0.15) is 11.8 Å². The van der Waals surface area contributed by atoms with E-state index in [0.717, 1.165) is 18.6 Å². The lowest BCUT2D eigenvalue weighted by molar-refractivity contribution is 0.0759. The van der Waals surface area contributed by atoms with Gasteiger partial charge in [0.2, 0.25) is 0 Å². The number of nitrogens with one attached hydrogen (secondary N) is 1. The number of methoxy groups -OCH3 is 1. The third kappa shape index (κ3) is 2.24. The van der Waals surface area contributed by atoms with Gasteiger partial charge >= 0.3 is 0 Å². The van der Waals surface area contributed by atoms with Crippen molar-refractivity contribution in [2.75, 3.05) is 12.9 Å². The average molecular weight is 293 g/mol. The van der Waals surface area contributed by atoms with Gasteiger partial charge in [0.15, 0.2) is 0 Å². The van der Waals surface area contributed by atoms with Gasteiger partial charge in [-0.1, -0.05) is 19.4 Å². The Balaban J connectivity index is 2.10. The van der Waals surface area contributed by atoms with Gasteiger partial charge in [-0.05, 0) is 48.3 Å². The number of ether oxygens (including phenoxy) is 1. The predicted octanol–water partition coefficient (Wildman–Crippen LogP) is 3.14. The van der Waals surface area contributed by atoms with Gasteiger partial charge in [-0.3, -0.25) is 0 Å². The molecule has 2 aliphatic rings. The van der Waals surface area contributed by atoms with Crippen molar-refractivity contribution >= 4 is 11.8 Å². The van der Waals surface area contributed by atoms with Crippen LogP contribution in [0.3, 0.4) is 0 Å². The minimum absolute atomic E-state index is 0.0189. The van der Waals surface area contributed by atoms with Crippen LogP contribution < -0.4 is 10.2 Å². The normalized spacial score (nSPS) is 33.0. The van der Waals surface area contributed by atoms with Gasteiger partial charge < -0.3 is 9.94 Å². The molecule has 3 nitrogen and oxygen atoms in total. The van der Waals surface area contributed by atoms with Crippen molar-refractivity contribution < 1.29 is 9.94 Å². The first-order chi connectivity index (χ1) is 9.69. The van der Waals surface area contributed by atoms with Gasteiger partial charge in [0, 0.05) is 10.7 Å². The number of thioether (sulfide) groups is 1. The fourth-order valence-corrected chi connectivity index (χ4v) is 5.33. The lowest BCUT2D eigenvalue weighted by atomic mass is 9.65. The highest BCUT2D eigenvalue weighted by Crippen LogP contribution is 2.46. The Hall–Kier alpha value is -0.710. The highest BCUT2D eigenvalue weighted by molar-refractivity contribution is 7.99. The summed E-state index contributed by atoms with van der Waals surface area (Å²) in [6.45, 7) is 2.29. The molecule has 1 saturated heterocycles. The standard InChI is InChI=1S/C16H23NO2S/c1-16-7-3-4-8-20-14(15(16)17-18)9-11-5-6-12(19-2)10-13(11)16/h5-6,10,14-15,17-18H,3-4,7-9H2,1-2H3/t14-,15+,16-/m1/s1. The average Bonchev–Trinajstić information content (AvgIpc) is 2.45. The second-order valence-electron chi connectivity index (χ2n) is 6.12. The third-order valence-corrected chi connectivity index (χ3v) is 6.36. The fourth-order valence-electron chi connectivity index (χ4n) is 3.80. The van der Waals surface area contributed by atoms with Crippen molar-refractivity contribution in [2.45, 2.75) is 49.3 Å². The lowest BCUT2D eigenvalue weighted by Crippen LogP contribution is -2.56. The van der Waals surface area contributed by atoms with E-state index >= 15 is 0 Å². The molecule has 3 rings (SSSR count). The van der Waals surface area contributed by atoms with E-state index in [1.807, 2.05) is 11.8 Å². The minimum Gasteiger partial charge on any atom is -0.497 e. The van der Waals surface area contributed by atoms with Crippen molar-refractivity contribution in [2.24, 2.45) is 0 Å². The lowest BCUT2D eigenvalue weighted by Gasteiger charge is -2.47. The molecule has 0 radical (unpaired) electrons. The van der Waals surface area contributed by atoms with Crippen molar-refractivity contribution in [3.8, 4) is 5.75 Å². The van der Waals surface area contributed by atoms with E-state index in [1.54, 1.807) is 7.11 Å². The van der Waals surface area contributed by atoms with Gasteiger partial charge in [0.25, 0.3) is 0 Å². The molecule has 3 atom stereocenters. The summed E-state index contributed by atoms with van der Waals surface area (Å²) in [5, 5.41) is 10.2. The molecular weight excluding hydrogens is 270 g/mol. The quantitative estimate of drug-likeness (QED) is 0.822. The molecule has 1 fully saturated rings. The van der Waals surface area contributed by atoms with Crippen LogP contribution in [-0.4, -0.2) is 29.4 Å². The van der Waals surface area contributed by atoms with E-state index in [9.17, 15) is 5.21 Å². The van der Waals surface area contributed by atoms with Crippen molar-refractivity contribution in [1.82, 2.24) is 5.48 Å². The number of hydrogen-bond acceptors (Lipinski definition) is 4. The second-order valence-corrected chi connectivity index (χ2v) is 7.46. The van der Waals surface area contributed by atoms with Gasteiger partial charge in [0.05, 0.1) is 13.2 Å². The highest BCUT2D eigenvalue weighted by atomic mass is 32.2. The van der Waals surface area contributed by atoms with Crippen LogP contribution >= 0.6 is 11.8 Å². The summed E-state index contributed by atoms with van der Waals surface area (Å²) in [7, 11) is 1.71. The van der Waals surface area contributed by atoms with Crippen LogP contribution in [0.25, 0.3) is 0 Å². The molecule has 0 unspecified atom stereocenters. The molecule has 1 heterocycles. The summed E-state index contributed by atoms with van der Waals surface area (Å²) >= 11 is 2.00. The fraction of sp³-hybridized carbons (Fsp3) is 0.625. The molecule has 110 valence electrons. The Bertz CT molecular complexity index is 493. The molecule has 4 heteroatoms. The Morgan fingerprint density at radius 2 is 2.25 bits per heavy atom. The molecule has 2 bridgehead atoms. The van der Waals surface area contributed by atoms with Gasteiger partial charge in [-0.25, -0.2) is 5.48 Å². The highest BCUT2D eigenvalue weighted by Gasteiger charge is 2.46. The summed E-state index contributed by atoms with van der Waals surface area (Å²) < 4.78 is 5.40. The van der Waals surface area contributed by atoms with E-state index in [4.69, 9.17) is 4.74 Å². The maximum absolute atomic E-state index is 9.74. The molecule has 0 saturated carbocycles. The first kappa shape index (κ1) is 14.2. The van der Waals surface area contributed by atoms with Crippen molar-refractivity contribution in [1.29, 1.82) is 0 Å². The van der Waals surface area contributed by atoms with Crippen LogP contribution in [0.2, 0.25) is 0 Å². The van der Waals surface area contributed by atoms with E-state index in [-0.39, 0.29) is 11.5 Å². The SMILES string of the molecule is COc1ccc2c(c1)[C@@]1(C)CCCCS[C@H](C2)[C@@H]1NO. The summed E-state index contributed by atoms with van der Waals surface area (Å²) in [6.07, 6.45) is 4.62. The molecule has 0 amide bonds. The van der Waals surface area contributed by atoms with Crippen LogP contribution in [0.5, 0.6) is 5.75 Å². The molecule has 0 spiro atoms. The second kappa shape index (κ2) is 5.58. The minimum atomic E-state index is -0.0189. The zero-order chi connectivity index (χ0) is 14.2. The van der Waals surface area contributed by atoms with E-state index in [0.29, 0.717) is 5.25 Å².